The molecular weight excluding hydrogens is 304 g/mol. The lowest BCUT2D eigenvalue weighted by molar-refractivity contribution is 0.237. The molecular formula is C15H23BrN2O. The first-order chi connectivity index (χ1) is 9.29. The zero-order valence-electron chi connectivity index (χ0n) is 11.6. The summed E-state index contributed by atoms with van der Waals surface area (Å²) in [4.78, 5) is 2.47. The Kier molecular flexibility index (Phi) is 6.14. The minimum Gasteiger partial charge on any atom is -0.491 e. The van der Waals surface area contributed by atoms with Crippen molar-refractivity contribution in [2.24, 2.45) is 0 Å². The van der Waals surface area contributed by atoms with Crippen molar-refractivity contribution in [1.82, 2.24) is 10.2 Å². The highest BCUT2D eigenvalue weighted by Crippen LogP contribution is 2.26. The smallest absolute Gasteiger partial charge is 0.133 e. The van der Waals surface area contributed by atoms with E-state index in [1.165, 1.54) is 31.5 Å². The van der Waals surface area contributed by atoms with Crippen LogP contribution >= 0.6 is 15.9 Å². The van der Waals surface area contributed by atoms with Gasteiger partial charge >= 0.3 is 0 Å². The highest BCUT2D eigenvalue weighted by Gasteiger charge is 2.11. The molecule has 1 aliphatic heterocycles. The van der Waals surface area contributed by atoms with E-state index in [1.54, 1.807) is 0 Å². The molecule has 0 radical (unpaired) electrons. The van der Waals surface area contributed by atoms with Gasteiger partial charge in [-0.1, -0.05) is 13.0 Å². The van der Waals surface area contributed by atoms with Gasteiger partial charge < -0.3 is 10.1 Å². The summed E-state index contributed by atoms with van der Waals surface area (Å²) in [5.41, 5.74) is 1.28. The predicted octanol–water partition coefficient (Wildman–Crippen LogP) is 3.03. The fraction of sp³-hybridized carbons (Fsp3) is 0.600. The normalized spacial score (nSPS) is 15.9. The first-order valence-corrected chi connectivity index (χ1v) is 7.93. The summed E-state index contributed by atoms with van der Waals surface area (Å²) in [6.07, 6.45) is 2.67. The van der Waals surface area contributed by atoms with E-state index in [4.69, 9.17) is 4.74 Å². The Morgan fingerprint density at radius 3 is 2.79 bits per heavy atom. The van der Waals surface area contributed by atoms with Gasteiger partial charge in [-0.05, 0) is 66.1 Å². The van der Waals surface area contributed by atoms with Gasteiger partial charge in [-0.3, -0.25) is 4.90 Å². The highest BCUT2D eigenvalue weighted by atomic mass is 79.9. The van der Waals surface area contributed by atoms with Crippen molar-refractivity contribution >= 4 is 15.9 Å². The van der Waals surface area contributed by atoms with Crippen molar-refractivity contribution in [2.75, 3.05) is 32.8 Å². The number of nitrogens with one attached hydrogen (secondary N) is 1. The van der Waals surface area contributed by atoms with E-state index in [9.17, 15) is 0 Å². The Morgan fingerprint density at radius 1 is 1.32 bits per heavy atom. The minimum absolute atomic E-state index is 0.769. The van der Waals surface area contributed by atoms with Crippen LogP contribution in [0.5, 0.6) is 5.75 Å². The van der Waals surface area contributed by atoms with Crippen molar-refractivity contribution < 1.29 is 4.74 Å². The van der Waals surface area contributed by atoms with E-state index in [0.717, 1.165) is 36.5 Å². The zero-order chi connectivity index (χ0) is 13.5. The molecule has 3 nitrogen and oxygen atoms in total. The first kappa shape index (κ1) is 14.8. The van der Waals surface area contributed by atoms with Gasteiger partial charge in [-0.25, -0.2) is 0 Å². The van der Waals surface area contributed by atoms with E-state index in [0.29, 0.717) is 0 Å². The SMILES string of the molecule is CCNCc1ccc(OCCN2CCCC2)c(Br)c1. The van der Waals surface area contributed by atoms with Crippen LogP contribution in [0.4, 0.5) is 0 Å². The second-order valence-corrected chi connectivity index (χ2v) is 5.80. The third-order valence-electron chi connectivity index (χ3n) is 3.44. The van der Waals surface area contributed by atoms with Crippen molar-refractivity contribution in [1.29, 1.82) is 0 Å². The van der Waals surface area contributed by atoms with Gasteiger partial charge in [0.25, 0.3) is 0 Å². The lowest BCUT2D eigenvalue weighted by atomic mass is 10.2. The molecule has 0 amide bonds. The molecule has 1 saturated heterocycles. The first-order valence-electron chi connectivity index (χ1n) is 7.14. The summed E-state index contributed by atoms with van der Waals surface area (Å²) in [6.45, 7) is 8.27. The number of hydrogen-bond acceptors (Lipinski definition) is 3. The summed E-state index contributed by atoms with van der Waals surface area (Å²) in [5.74, 6) is 0.944. The summed E-state index contributed by atoms with van der Waals surface area (Å²) in [6, 6.07) is 6.31. The van der Waals surface area contributed by atoms with Crippen LogP contribution in [0.1, 0.15) is 25.3 Å². The Morgan fingerprint density at radius 2 is 2.11 bits per heavy atom. The maximum atomic E-state index is 5.85. The lowest BCUT2D eigenvalue weighted by Gasteiger charge is -2.15. The quantitative estimate of drug-likeness (QED) is 0.833. The summed E-state index contributed by atoms with van der Waals surface area (Å²) in [5, 5.41) is 3.32. The highest BCUT2D eigenvalue weighted by molar-refractivity contribution is 9.10. The van der Waals surface area contributed by atoms with Crippen LogP contribution in [0, 0.1) is 0 Å². The van der Waals surface area contributed by atoms with Crippen LogP contribution < -0.4 is 10.1 Å². The molecule has 2 rings (SSSR count). The number of benzene rings is 1. The average molecular weight is 327 g/mol. The molecule has 0 saturated carbocycles. The van der Waals surface area contributed by atoms with Gasteiger partial charge in [-0.15, -0.1) is 0 Å². The van der Waals surface area contributed by atoms with Crippen LogP contribution in [0.2, 0.25) is 0 Å². The lowest BCUT2D eigenvalue weighted by Crippen LogP contribution is -2.25. The van der Waals surface area contributed by atoms with E-state index in [1.807, 2.05) is 0 Å². The number of halogens is 1. The largest absolute Gasteiger partial charge is 0.491 e. The number of rotatable bonds is 7. The molecule has 1 fully saturated rings. The summed E-state index contributed by atoms with van der Waals surface area (Å²) in [7, 11) is 0. The Balaban J connectivity index is 1.79. The second kappa shape index (κ2) is 7.88. The maximum absolute atomic E-state index is 5.85. The molecule has 1 N–H and O–H groups in total. The van der Waals surface area contributed by atoms with E-state index >= 15 is 0 Å². The fourth-order valence-corrected chi connectivity index (χ4v) is 2.87. The molecule has 106 valence electrons. The number of nitrogens with zero attached hydrogens (tertiary/aromatic N) is 1. The van der Waals surface area contributed by atoms with Gasteiger partial charge in [0.15, 0.2) is 0 Å². The van der Waals surface area contributed by atoms with E-state index < -0.39 is 0 Å². The molecule has 19 heavy (non-hydrogen) atoms. The number of hydrogen-bond donors (Lipinski definition) is 1. The van der Waals surface area contributed by atoms with Crippen molar-refractivity contribution in [3.63, 3.8) is 0 Å². The molecule has 0 spiro atoms. The predicted molar refractivity (Wildman–Crippen MR) is 82.7 cm³/mol. The van der Waals surface area contributed by atoms with Gasteiger partial charge in [0.05, 0.1) is 4.47 Å². The van der Waals surface area contributed by atoms with Gasteiger partial charge in [0, 0.05) is 13.1 Å². The Bertz CT molecular complexity index is 392. The molecule has 0 bridgehead atoms. The van der Waals surface area contributed by atoms with E-state index in [2.05, 4.69) is 51.3 Å². The van der Waals surface area contributed by atoms with Crippen LogP contribution in [-0.4, -0.2) is 37.7 Å². The van der Waals surface area contributed by atoms with Crippen LogP contribution in [0.15, 0.2) is 22.7 Å². The molecule has 1 aliphatic rings. The van der Waals surface area contributed by atoms with Gasteiger partial charge in [0.1, 0.15) is 12.4 Å². The summed E-state index contributed by atoms with van der Waals surface area (Å²) >= 11 is 3.59. The minimum atomic E-state index is 0.769. The van der Waals surface area contributed by atoms with Crippen LogP contribution in [0.3, 0.4) is 0 Å². The van der Waals surface area contributed by atoms with Gasteiger partial charge in [0.2, 0.25) is 0 Å². The Labute approximate surface area is 124 Å². The zero-order valence-corrected chi connectivity index (χ0v) is 13.2. The molecule has 1 aromatic rings. The van der Waals surface area contributed by atoms with Crippen LogP contribution in [-0.2, 0) is 6.54 Å². The van der Waals surface area contributed by atoms with E-state index in [-0.39, 0.29) is 0 Å². The molecule has 0 aliphatic carbocycles. The van der Waals surface area contributed by atoms with Crippen molar-refractivity contribution in [3.05, 3.63) is 28.2 Å². The topological polar surface area (TPSA) is 24.5 Å². The molecule has 0 atom stereocenters. The monoisotopic (exact) mass is 326 g/mol. The standard InChI is InChI=1S/C15H23BrN2O/c1-2-17-12-13-5-6-15(14(16)11-13)19-10-9-18-7-3-4-8-18/h5-6,11,17H,2-4,7-10,12H2,1H3. The van der Waals surface area contributed by atoms with Crippen molar-refractivity contribution in [2.45, 2.75) is 26.3 Å². The number of ether oxygens (including phenoxy) is 1. The third kappa shape index (κ3) is 4.79. The molecule has 1 heterocycles. The van der Waals surface area contributed by atoms with Crippen LogP contribution in [0.25, 0.3) is 0 Å². The maximum Gasteiger partial charge on any atom is 0.133 e. The molecule has 1 aromatic carbocycles. The summed E-state index contributed by atoms with van der Waals surface area (Å²) < 4.78 is 6.89. The Hall–Kier alpha value is -0.580. The van der Waals surface area contributed by atoms with Crippen molar-refractivity contribution in [3.8, 4) is 5.75 Å². The molecule has 0 aromatic heterocycles. The second-order valence-electron chi connectivity index (χ2n) is 4.94. The average Bonchev–Trinajstić information content (AvgIpc) is 2.92. The fourth-order valence-electron chi connectivity index (χ4n) is 2.33. The molecule has 4 heteroatoms. The molecule has 0 unspecified atom stereocenters. The third-order valence-corrected chi connectivity index (χ3v) is 4.06. The van der Waals surface area contributed by atoms with Gasteiger partial charge in [-0.2, -0.15) is 0 Å². The number of likely N-dealkylation sites (tertiary alicyclic amines) is 1.